The number of carbonyl (C=O) groups is 1. The number of carbonyl (C=O) groups excluding carboxylic acids is 1. The van der Waals surface area contributed by atoms with Crippen LogP contribution in [0.1, 0.15) is 27.3 Å². The average molecular weight is 326 g/mol. The van der Waals surface area contributed by atoms with Gasteiger partial charge in [0.05, 0.1) is 11.3 Å². The molecule has 0 atom stereocenters. The third kappa shape index (κ3) is 1.83. The zero-order valence-electron chi connectivity index (χ0n) is 13.8. The Balaban J connectivity index is 1.85. The highest BCUT2D eigenvalue weighted by atomic mass is 16.1. The Kier molecular flexibility index (Phi) is 2.71. The molecule has 0 N–H and O–H groups in total. The van der Waals surface area contributed by atoms with Gasteiger partial charge in [-0.1, -0.05) is 54.1 Å². The van der Waals surface area contributed by atoms with Gasteiger partial charge in [-0.3, -0.25) is 4.79 Å². The SMILES string of the molecule is Cc1ccc(-c2c(C)nn3c4c(nnc23)C(=O)c2ccccc2-4)cc1. The number of aromatic nitrogens is 4. The Morgan fingerprint density at radius 1 is 0.880 bits per heavy atom. The first-order valence-corrected chi connectivity index (χ1v) is 8.12. The van der Waals surface area contributed by atoms with Gasteiger partial charge in [-0.2, -0.15) is 5.10 Å². The molecule has 5 nitrogen and oxygen atoms in total. The second kappa shape index (κ2) is 4.83. The minimum atomic E-state index is -0.0926. The van der Waals surface area contributed by atoms with E-state index in [4.69, 9.17) is 0 Å². The Morgan fingerprint density at radius 3 is 2.36 bits per heavy atom. The number of hydrogen-bond donors (Lipinski definition) is 0. The molecule has 2 aromatic heterocycles. The van der Waals surface area contributed by atoms with Crippen LogP contribution >= 0.6 is 0 Å². The predicted molar refractivity (Wildman–Crippen MR) is 94.6 cm³/mol. The van der Waals surface area contributed by atoms with Crippen molar-refractivity contribution in [1.29, 1.82) is 0 Å². The van der Waals surface area contributed by atoms with Gasteiger partial charge in [0.15, 0.2) is 11.3 Å². The van der Waals surface area contributed by atoms with E-state index in [0.29, 0.717) is 16.9 Å². The molecule has 25 heavy (non-hydrogen) atoms. The fourth-order valence-corrected chi connectivity index (χ4v) is 3.48. The van der Waals surface area contributed by atoms with Crippen molar-refractivity contribution in [2.75, 3.05) is 0 Å². The van der Waals surface area contributed by atoms with Crippen LogP contribution in [0.25, 0.3) is 28.0 Å². The third-order valence-electron chi connectivity index (χ3n) is 4.70. The summed E-state index contributed by atoms with van der Waals surface area (Å²) in [5.74, 6) is -0.0926. The van der Waals surface area contributed by atoms with Crippen LogP contribution in [-0.4, -0.2) is 25.6 Å². The highest BCUT2D eigenvalue weighted by molar-refractivity contribution is 6.20. The Labute approximate surface area is 144 Å². The fourth-order valence-electron chi connectivity index (χ4n) is 3.48. The van der Waals surface area contributed by atoms with Crippen molar-refractivity contribution < 1.29 is 4.79 Å². The first-order valence-electron chi connectivity index (χ1n) is 8.12. The zero-order chi connectivity index (χ0) is 17.1. The van der Waals surface area contributed by atoms with Gasteiger partial charge in [0.2, 0.25) is 5.78 Å². The van der Waals surface area contributed by atoms with E-state index in [2.05, 4.69) is 46.5 Å². The summed E-state index contributed by atoms with van der Waals surface area (Å²) in [5, 5.41) is 13.3. The number of aryl methyl sites for hydroxylation is 2. The summed E-state index contributed by atoms with van der Waals surface area (Å²) in [4.78, 5) is 12.6. The number of nitrogens with zero attached hydrogens (tertiary/aromatic N) is 4. The lowest BCUT2D eigenvalue weighted by Gasteiger charge is -2.03. The van der Waals surface area contributed by atoms with Crippen LogP contribution in [0.2, 0.25) is 0 Å². The quantitative estimate of drug-likeness (QED) is 0.472. The van der Waals surface area contributed by atoms with E-state index in [1.165, 1.54) is 5.56 Å². The molecule has 0 fully saturated rings. The maximum absolute atomic E-state index is 12.6. The second-order valence-corrected chi connectivity index (χ2v) is 6.33. The van der Waals surface area contributed by atoms with Gasteiger partial charge in [0.25, 0.3) is 0 Å². The van der Waals surface area contributed by atoms with Crippen LogP contribution in [0.3, 0.4) is 0 Å². The predicted octanol–water partition coefficient (Wildman–Crippen LogP) is 3.62. The van der Waals surface area contributed by atoms with Crippen LogP contribution in [0.4, 0.5) is 0 Å². The summed E-state index contributed by atoms with van der Waals surface area (Å²) in [6.45, 7) is 4.01. The molecule has 120 valence electrons. The third-order valence-corrected chi connectivity index (χ3v) is 4.70. The summed E-state index contributed by atoms with van der Waals surface area (Å²) in [6.07, 6.45) is 0. The first-order chi connectivity index (χ1) is 12.1. The zero-order valence-corrected chi connectivity index (χ0v) is 13.8. The number of ketones is 1. The standard InChI is InChI=1S/C20H14N4O/c1-11-7-9-13(10-8-11)16-12(2)23-24-18-14-5-3-4-6-15(14)19(25)17(18)21-22-20(16)24/h3-10H,1-2H3. The van der Waals surface area contributed by atoms with Crippen molar-refractivity contribution in [3.8, 4) is 22.4 Å². The van der Waals surface area contributed by atoms with E-state index >= 15 is 0 Å². The molecule has 5 heteroatoms. The van der Waals surface area contributed by atoms with E-state index < -0.39 is 0 Å². The molecule has 0 amide bonds. The van der Waals surface area contributed by atoms with Gasteiger partial charge in [-0.25, -0.2) is 4.52 Å². The lowest BCUT2D eigenvalue weighted by Crippen LogP contribution is -2.04. The van der Waals surface area contributed by atoms with Crippen LogP contribution in [-0.2, 0) is 0 Å². The van der Waals surface area contributed by atoms with Gasteiger partial charge >= 0.3 is 0 Å². The molecule has 0 unspecified atom stereocenters. The molecule has 4 aromatic rings. The monoisotopic (exact) mass is 326 g/mol. The lowest BCUT2D eigenvalue weighted by molar-refractivity contribution is 0.103. The average Bonchev–Trinajstić information content (AvgIpc) is 3.11. The summed E-state index contributed by atoms with van der Waals surface area (Å²) in [7, 11) is 0. The highest BCUT2D eigenvalue weighted by Crippen LogP contribution is 2.37. The van der Waals surface area contributed by atoms with Crippen LogP contribution in [0.15, 0.2) is 48.5 Å². The molecule has 0 spiro atoms. The normalized spacial score (nSPS) is 12.5. The van der Waals surface area contributed by atoms with E-state index in [0.717, 1.165) is 28.1 Å². The molecule has 2 aromatic carbocycles. The largest absolute Gasteiger partial charge is 0.287 e. The Hall–Kier alpha value is -3.34. The topological polar surface area (TPSA) is 60.1 Å². The van der Waals surface area contributed by atoms with Crippen LogP contribution in [0, 0.1) is 13.8 Å². The summed E-state index contributed by atoms with van der Waals surface area (Å²) < 4.78 is 1.76. The molecule has 0 saturated heterocycles. The van der Waals surface area contributed by atoms with Gasteiger partial charge in [0, 0.05) is 11.1 Å². The van der Waals surface area contributed by atoms with E-state index in [-0.39, 0.29) is 5.78 Å². The minimum absolute atomic E-state index is 0.0926. The molecule has 0 bridgehead atoms. The molecule has 2 heterocycles. The van der Waals surface area contributed by atoms with Crippen molar-refractivity contribution in [3.05, 3.63) is 71.0 Å². The summed E-state index contributed by atoms with van der Waals surface area (Å²) in [5.41, 5.74) is 7.35. The van der Waals surface area contributed by atoms with Crippen molar-refractivity contribution in [1.82, 2.24) is 19.8 Å². The molecule has 0 aliphatic heterocycles. The number of benzene rings is 2. The van der Waals surface area contributed by atoms with Crippen molar-refractivity contribution >= 4 is 11.4 Å². The smallest absolute Gasteiger partial charge is 0.216 e. The van der Waals surface area contributed by atoms with Gasteiger partial charge < -0.3 is 0 Å². The molecule has 1 aliphatic rings. The minimum Gasteiger partial charge on any atom is -0.287 e. The number of rotatable bonds is 1. The molecule has 5 rings (SSSR count). The van der Waals surface area contributed by atoms with E-state index in [9.17, 15) is 4.79 Å². The van der Waals surface area contributed by atoms with Crippen molar-refractivity contribution in [2.24, 2.45) is 0 Å². The maximum Gasteiger partial charge on any atom is 0.216 e. The summed E-state index contributed by atoms with van der Waals surface area (Å²) >= 11 is 0. The van der Waals surface area contributed by atoms with Gasteiger partial charge in [-0.15, -0.1) is 10.2 Å². The lowest BCUT2D eigenvalue weighted by atomic mass is 10.0. The van der Waals surface area contributed by atoms with Gasteiger partial charge in [0.1, 0.15) is 5.69 Å². The summed E-state index contributed by atoms with van der Waals surface area (Å²) in [6, 6.07) is 15.8. The van der Waals surface area contributed by atoms with E-state index in [1.54, 1.807) is 4.52 Å². The molecule has 1 aliphatic carbocycles. The number of hydrogen-bond acceptors (Lipinski definition) is 4. The molecular formula is C20H14N4O. The second-order valence-electron chi connectivity index (χ2n) is 6.33. The van der Waals surface area contributed by atoms with E-state index in [1.807, 2.05) is 31.2 Å². The van der Waals surface area contributed by atoms with Crippen molar-refractivity contribution in [2.45, 2.75) is 13.8 Å². The van der Waals surface area contributed by atoms with Crippen molar-refractivity contribution in [3.63, 3.8) is 0 Å². The number of fused-ring (bicyclic) bond motifs is 5. The molecular weight excluding hydrogens is 312 g/mol. The Morgan fingerprint density at radius 2 is 1.60 bits per heavy atom. The molecule has 0 radical (unpaired) electrons. The van der Waals surface area contributed by atoms with Crippen LogP contribution < -0.4 is 0 Å². The Bertz CT molecular complexity index is 1170. The molecule has 0 saturated carbocycles. The van der Waals surface area contributed by atoms with Gasteiger partial charge in [-0.05, 0) is 19.4 Å². The highest BCUT2D eigenvalue weighted by Gasteiger charge is 2.32. The fraction of sp³-hybridized carbons (Fsp3) is 0.100. The first kappa shape index (κ1) is 14.0. The van der Waals surface area contributed by atoms with Crippen LogP contribution in [0.5, 0.6) is 0 Å². The maximum atomic E-state index is 12.6.